The SMILES string of the molecule is CC(=O)Nc1ccc(C(F)(F)F)cc1Oc1ccc(C(C)(C)C)cc1C. The van der Waals surface area contributed by atoms with Gasteiger partial charge in [-0.15, -0.1) is 0 Å². The number of carbonyl (C=O) groups excluding carboxylic acids is 1. The lowest BCUT2D eigenvalue weighted by atomic mass is 9.86. The largest absolute Gasteiger partial charge is 0.455 e. The fourth-order valence-corrected chi connectivity index (χ4v) is 2.42. The molecule has 0 aliphatic carbocycles. The zero-order valence-electron chi connectivity index (χ0n) is 15.4. The molecule has 0 spiro atoms. The number of carbonyl (C=O) groups is 1. The van der Waals surface area contributed by atoms with Gasteiger partial charge in [0.15, 0.2) is 5.75 Å². The minimum atomic E-state index is -4.50. The number of benzene rings is 2. The maximum atomic E-state index is 13.0. The molecule has 2 aromatic rings. The molecule has 2 aromatic carbocycles. The fourth-order valence-electron chi connectivity index (χ4n) is 2.42. The highest BCUT2D eigenvalue weighted by molar-refractivity contribution is 5.90. The maximum Gasteiger partial charge on any atom is 0.416 e. The first-order valence-electron chi connectivity index (χ1n) is 8.16. The Bertz CT molecular complexity index is 821. The van der Waals surface area contributed by atoms with Gasteiger partial charge in [-0.2, -0.15) is 13.2 Å². The fraction of sp³-hybridized carbons (Fsp3) is 0.350. The van der Waals surface area contributed by atoms with Gasteiger partial charge in [-0.1, -0.05) is 32.9 Å². The van der Waals surface area contributed by atoms with Gasteiger partial charge in [0.25, 0.3) is 0 Å². The highest BCUT2D eigenvalue weighted by atomic mass is 19.4. The molecule has 1 amide bonds. The lowest BCUT2D eigenvalue weighted by Crippen LogP contribution is -2.11. The molecule has 3 nitrogen and oxygen atoms in total. The molecule has 26 heavy (non-hydrogen) atoms. The topological polar surface area (TPSA) is 38.3 Å². The number of nitrogens with one attached hydrogen (secondary N) is 1. The Balaban J connectivity index is 2.45. The van der Waals surface area contributed by atoms with E-state index >= 15 is 0 Å². The van der Waals surface area contributed by atoms with Crippen LogP contribution < -0.4 is 10.1 Å². The minimum absolute atomic E-state index is 0.0540. The van der Waals surface area contributed by atoms with Gasteiger partial charge >= 0.3 is 6.18 Å². The predicted octanol–water partition coefficient (Wildman–Crippen LogP) is 6.06. The number of ether oxygens (including phenoxy) is 1. The summed E-state index contributed by atoms with van der Waals surface area (Å²) in [5, 5.41) is 2.50. The minimum Gasteiger partial charge on any atom is -0.455 e. The summed E-state index contributed by atoms with van der Waals surface area (Å²) in [6.07, 6.45) is -4.50. The third-order valence-corrected chi connectivity index (χ3v) is 3.88. The van der Waals surface area contributed by atoms with Crippen LogP contribution in [0.5, 0.6) is 11.5 Å². The van der Waals surface area contributed by atoms with E-state index in [-0.39, 0.29) is 16.9 Å². The van der Waals surface area contributed by atoms with Crippen molar-refractivity contribution in [1.82, 2.24) is 0 Å². The van der Waals surface area contributed by atoms with Gasteiger partial charge in [-0.05, 0) is 47.7 Å². The quantitative estimate of drug-likeness (QED) is 0.718. The van der Waals surface area contributed by atoms with Crippen molar-refractivity contribution < 1.29 is 22.7 Å². The molecule has 0 aromatic heterocycles. The first kappa shape index (κ1) is 19.8. The number of rotatable bonds is 3. The summed E-state index contributed by atoms with van der Waals surface area (Å²) < 4.78 is 44.8. The Morgan fingerprint density at radius 2 is 1.58 bits per heavy atom. The van der Waals surface area contributed by atoms with E-state index in [1.54, 1.807) is 6.07 Å². The van der Waals surface area contributed by atoms with E-state index in [1.165, 1.54) is 13.0 Å². The smallest absolute Gasteiger partial charge is 0.416 e. The molecule has 0 saturated carbocycles. The van der Waals surface area contributed by atoms with Crippen LogP contribution in [0.15, 0.2) is 36.4 Å². The second-order valence-corrected chi connectivity index (χ2v) is 7.22. The molecule has 0 heterocycles. The molecule has 2 rings (SSSR count). The number of aryl methyl sites for hydroxylation is 1. The number of alkyl halides is 3. The lowest BCUT2D eigenvalue weighted by molar-refractivity contribution is -0.137. The Morgan fingerprint density at radius 3 is 2.08 bits per heavy atom. The van der Waals surface area contributed by atoms with Crippen LogP contribution in [-0.4, -0.2) is 5.91 Å². The maximum absolute atomic E-state index is 13.0. The van der Waals surface area contributed by atoms with Crippen molar-refractivity contribution in [3.8, 4) is 11.5 Å². The van der Waals surface area contributed by atoms with Crippen LogP contribution in [0.4, 0.5) is 18.9 Å². The van der Waals surface area contributed by atoms with E-state index in [1.807, 2.05) is 19.1 Å². The molecular weight excluding hydrogens is 343 g/mol. The van der Waals surface area contributed by atoms with E-state index in [2.05, 4.69) is 26.1 Å². The molecule has 0 unspecified atom stereocenters. The summed E-state index contributed by atoms with van der Waals surface area (Å²) in [5.74, 6) is -0.0139. The van der Waals surface area contributed by atoms with Gasteiger partial charge in [-0.25, -0.2) is 0 Å². The second kappa shape index (κ2) is 7.02. The zero-order valence-corrected chi connectivity index (χ0v) is 15.4. The average molecular weight is 365 g/mol. The highest BCUT2D eigenvalue weighted by Gasteiger charge is 2.31. The van der Waals surface area contributed by atoms with Crippen molar-refractivity contribution >= 4 is 11.6 Å². The summed E-state index contributed by atoms with van der Waals surface area (Å²) in [6, 6.07) is 8.55. The average Bonchev–Trinajstić information content (AvgIpc) is 2.48. The van der Waals surface area contributed by atoms with E-state index in [0.29, 0.717) is 5.75 Å². The number of amides is 1. The molecular formula is C20H22F3NO2. The Morgan fingerprint density at radius 1 is 0.962 bits per heavy atom. The number of halogens is 3. The molecule has 0 aliphatic rings. The molecule has 0 aliphatic heterocycles. The van der Waals surface area contributed by atoms with Crippen LogP contribution in [0.2, 0.25) is 0 Å². The van der Waals surface area contributed by atoms with Gasteiger partial charge in [0, 0.05) is 6.92 Å². The molecule has 0 fully saturated rings. The van der Waals surface area contributed by atoms with Gasteiger partial charge in [-0.3, -0.25) is 4.79 Å². The molecule has 1 N–H and O–H groups in total. The van der Waals surface area contributed by atoms with Gasteiger partial charge in [0.05, 0.1) is 11.3 Å². The van der Waals surface area contributed by atoms with E-state index < -0.39 is 17.6 Å². The first-order chi connectivity index (χ1) is 11.9. The summed E-state index contributed by atoms with van der Waals surface area (Å²) in [7, 11) is 0. The Labute approximate surface area is 151 Å². The molecule has 0 saturated heterocycles. The summed E-state index contributed by atoms with van der Waals surface area (Å²) >= 11 is 0. The van der Waals surface area contributed by atoms with Gasteiger partial charge < -0.3 is 10.1 Å². The molecule has 0 bridgehead atoms. The van der Waals surface area contributed by atoms with Crippen molar-refractivity contribution in [3.05, 3.63) is 53.1 Å². The van der Waals surface area contributed by atoms with Gasteiger partial charge in [0.1, 0.15) is 5.75 Å². The standard InChI is InChI=1S/C20H22F3NO2/c1-12-10-14(19(3,4)5)7-9-17(12)26-18-11-15(20(21,22)23)6-8-16(18)24-13(2)25/h6-11H,1-5H3,(H,24,25). The molecule has 0 atom stereocenters. The predicted molar refractivity (Wildman–Crippen MR) is 95.7 cm³/mol. The van der Waals surface area contributed by atoms with Crippen LogP contribution in [0.1, 0.15) is 44.4 Å². The molecule has 0 radical (unpaired) electrons. The Hall–Kier alpha value is -2.50. The van der Waals surface area contributed by atoms with E-state index in [9.17, 15) is 18.0 Å². The lowest BCUT2D eigenvalue weighted by Gasteiger charge is -2.21. The van der Waals surface area contributed by atoms with Crippen LogP contribution in [-0.2, 0) is 16.4 Å². The van der Waals surface area contributed by atoms with Crippen LogP contribution in [0.25, 0.3) is 0 Å². The van der Waals surface area contributed by atoms with Crippen molar-refractivity contribution in [2.24, 2.45) is 0 Å². The monoisotopic (exact) mass is 365 g/mol. The number of anilines is 1. The highest BCUT2D eigenvalue weighted by Crippen LogP contribution is 2.38. The van der Waals surface area contributed by atoms with Gasteiger partial charge in [0.2, 0.25) is 5.91 Å². The summed E-state index contributed by atoms with van der Waals surface area (Å²) in [4.78, 5) is 11.3. The zero-order chi connectivity index (χ0) is 19.7. The van der Waals surface area contributed by atoms with Crippen LogP contribution in [0.3, 0.4) is 0 Å². The van der Waals surface area contributed by atoms with Crippen molar-refractivity contribution in [1.29, 1.82) is 0 Å². The van der Waals surface area contributed by atoms with E-state index in [4.69, 9.17) is 4.74 Å². The summed E-state index contributed by atoms with van der Waals surface area (Å²) in [6.45, 7) is 9.33. The normalized spacial score (nSPS) is 12.0. The first-order valence-corrected chi connectivity index (χ1v) is 8.16. The van der Waals surface area contributed by atoms with Crippen LogP contribution >= 0.6 is 0 Å². The third-order valence-electron chi connectivity index (χ3n) is 3.88. The van der Waals surface area contributed by atoms with Crippen LogP contribution in [0, 0.1) is 6.92 Å². The van der Waals surface area contributed by atoms with E-state index in [0.717, 1.165) is 23.3 Å². The third kappa shape index (κ3) is 4.77. The van der Waals surface area contributed by atoms with Crippen molar-refractivity contribution in [2.75, 3.05) is 5.32 Å². The van der Waals surface area contributed by atoms with Crippen molar-refractivity contribution in [2.45, 2.75) is 46.2 Å². The second-order valence-electron chi connectivity index (χ2n) is 7.22. The Kier molecular flexibility index (Phi) is 5.35. The number of hydrogen-bond donors (Lipinski definition) is 1. The number of hydrogen-bond acceptors (Lipinski definition) is 2. The summed E-state index contributed by atoms with van der Waals surface area (Å²) in [5.41, 5.74) is 1.17. The molecule has 140 valence electrons. The molecule has 6 heteroatoms. The van der Waals surface area contributed by atoms with Crippen molar-refractivity contribution in [3.63, 3.8) is 0 Å².